The van der Waals surface area contributed by atoms with E-state index in [1.165, 1.54) is 0 Å². The molecule has 0 N–H and O–H groups in total. The van der Waals surface area contributed by atoms with E-state index in [2.05, 4.69) is 0 Å². The maximum atomic E-state index is 15.3. The molecule has 2 nitrogen and oxygen atoms in total. The first kappa shape index (κ1) is 30.1. The van der Waals surface area contributed by atoms with E-state index in [0.29, 0.717) is 0 Å². The standard InChI is InChI=1S/C23H7F15O2Si/c1-4-2-3-39-23(4)40-41(20-14(33)8(27)5(24)9(28)15(20)34,21-16(35)10(29)6(25)11(30)17(21)36)22-18(37)12(31)7(26)13(32)19(22)38/h2-3H2,1H3. The number of hydrogen-bond donors (Lipinski definition) is 0. The summed E-state index contributed by atoms with van der Waals surface area (Å²) in [5.74, 6) is -47.6. The topological polar surface area (TPSA) is 18.5 Å². The Hall–Kier alpha value is -3.83. The van der Waals surface area contributed by atoms with Crippen LogP contribution in [0, 0.1) is 87.3 Å². The molecule has 1 heterocycles. The molecule has 0 bridgehead atoms. The number of rotatable bonds is 5. The maximum absolute atomic E-state index is 15.3. The number of halogens is 15. The van der Waals surface area contributed by atoms with Gasteiger partial charge in [-0.15, -0.1) is 0 Å². The highest BCUT2D eigenvalue weighted by Crippen LogP contribution is 2.32. The van der Waals surface area contributed by atoms with Gasteiger partial charge in [0.15, 0.2) is 69.8 Å². The molecule has 0 amide bonds. The summed E-state index contributed by atoms with van der Waals surface area (Å²) < 4.78 is 230. The molecule has 220 valence electrons. The number of hydrogen-bond acceptors (Lipinski definition) is 2. The molecular weight excluding hydrogens is 621 g/mol. The van der Waals surface area contributed by atoms with E-state index < -0.39 is 124 Å². The summed E-state index contributed by atoms with van der Waals surface area (Å²) in [4.78, 5) is 0. The van der Waals surface area contributed by atoms with Crippen molar-refractivity contribution in [1.82, 2.24) is 0 Å². The van der Waals surface area contributed by atoms with Crippen LogP contribution in [0.5, 0.6) is 0 Å². The first-order valence-electron chi connectivity index (χ1n) is 10.6. The van der Waals surface area contributed by atoms with Crippen LogP contribution in [0.2, 0.25) is 0 Å². The third-order valence-corrected chi connectivity index (χ3v) is 9.91. The first-order valence-corrected chi connectivity index (χ1v) is 12.5. The van der Waals surface area contributed by atoms with Gasteiger partial charge in [-0.05, 0) is 6.92 Å². The van der Waals surface area contributed by atoms with Crippen LogP contribution in [-0.2, 0) is 9.16 Å². The van der Waals surface area contributed by atoms with E-state index in [4.69, 9.17) is 9.16 Å². The van der Waals surface area contributed by atoms with Crippen molar-refractivity contribution in [2.24, 2.45) is 0 Å². The van der Waals surface area contributed by atoms with Crippen molar-refractivity contribution < 1.29 is 75.0 Å². The van der Waals surface area contributed by atoms with Gasteiger partial charge in [-0.3, -0.25) is 0 Å². The molecule has 1 aliphatic heterocycles. The van der Waals surface area contributed by atoms with Crippen molar-refractivity contribution in [3.63, 3.8) is 0 Å². The average Bonchev–Trinajstić information content (AvgIpc) is 3.34. The summed E-state index contributed by atoms with van der Waals surface area (Å²) in [5, 5.41) is -8.39. The molecule has 0 fully saturated rings. The van der Waals surface area contributed by atoms with Gasteiger partial charge in [0, 0.05) is 12.0 Å². The van der Waals surface area contributed by atoms with E-state index in [-0.39, 0.29) is 12.0 Å². The van der Waals surface area contributed by atoms with E-state index in [1.54, 1.807) is 0 Å². The Kier molecular flexibility index (Phi) is 7.51. The number of benzene rings is 3. The van der Waals surface area contributed by atoms with Crippen LogP contribution in [0.4, 0.5) is 65.9 Å². The molecule has 0 spiro atoms. The second-order valence-corrected chi connectivity index (χ2v) is 11.4. The Morgan fingerprint density at radius 3 is 0.902 bits per heavy atom. The fourth-order valence-electron chi connectivity index (χ4n) is 4.05. The number of ether oxygens (including phenoxy) is 1. The minimum Gasteiger partial charge on any atom is -0.505 e. The third-order valence-electron chi connectivity index (χ3n) is 5.99. The lowest BCUT2D eigenvalue weighted by Gasteiger charge is -2.35. The Bertz CT molecular complexity index is 1420. The van der Waals surface area contributed by atoms with Gasteiger partial charge in [0.05, 0.1) is 22.2 Å². The normalized spacial score (nSPS) is 13.8. The van der Waals surface area contributed by atoms with Crippen LogP contribution in [0.1, 0.15) is 13.3 Å². The molecule has 18 heteroatoms. The lowest BCUT2D eigenvalue weighted by atomic mass is 10.3. The molecule has 0 saturated carbocycles. The van der Waals surface area contributed by atoms with Gasteiger partial charge in [0.25, 0.3) is 5.95 Å². The molecule has 3 aromatic rings. The predicted octanol–water partition coefficient (Wildman–Crippen LogP) is 5.41. The minimum absolute atomic E-state index is 0.273. The SMILES string of the molecule is CC1=C(O[Si](c2c(F)c(F)c(F)c(F)c2F)(c2c(F)c(F)c(F)c(F)c2F)c2c(F)c(F)c(F)c(F)c2F)OCC1. The van der Waals surface area contributed by atoms with Crippen LogP contribution in [0.25, 0.3) is 0 Å². The fourth-order valence-corrected chi connectivity index (χ4v) is 8.13. The molecule has 3 aromatic carbocycles. The molecule has 4 rings (SSSR count). The van der Waals surface area contributed by atoms with Crippen LogP contribution < -0.4 is 15.6 Å². The summed E-state index contributed by atoms with van der Waals surface area (Å²) in [6, 6.07) is 0. The second-order valence-electron chi connectivity index (χ2n) is 8.28. The summed E-state index contributed by atoms with van der Waals surface area (Å²) in [7, 11) is -7.43. The van der Waals surface area contributed by atoms with Crippen molar-refractivity contribution in [1.29, 1.82) is 0 Å². The summed E-state index contributed by atoms with van der Waals surface area (Å²) in [6.07, 6.45) is -0.273. The van der Waals surface area contributed by atoms with Crippen molar-refractivity contribution >= 4 is 23.9 Å². The Balaban J connectivity index is 2.46. The monoisotopic (exact) mass is 628 g/mol. The Labute approximate surface area is 218 Å². The second kappa shape index (κ2) is 10.2. The van der Waals surface area contributed by atoms with Crippen molar-refractivity contribution in [3.8, 4) is 0 Å². The van der Waals surface area contributed by atoms with Crippen LogP contribution in [0.3, 0.4) is 0 Å². The zero-order chi connectivity index (χ0) is 30.9. The molecule has 0 atom stereocenters. The zero-order valence-electron chi connectivity index (χ0n) is 19.4. The van der Waals surface area contributed by atoms with Crippen LogP contribution in [-0.4, -0.2) is 14.9 Å². The van der Waals surface area contributed by atoms with Crippen molar-refractivity contribution in [2.45, 2.75) is 13.3 Å². The van der Waals surface area contributed by atoms with E-state index in [9.17, 15) is 39.5 Å². The minimum atomic E-state index is -7.43. The van der Waals surface area contributed by atoms with Crippen molar-refractivity contribution in [3.05, 3.63) is 98.8 Å². The average molecular weight is 628 g/mol. The predicted molar refractivity (Wildman–Crippen MR) is 108 cm³/mol. The van der Waals surface area contributed by atoms with E-state index in [1.807, 2.05) is 0 Å². The third kappa shape index (κ3) is 4.13. The van der Waals surface area contributed by atoms with Gasteiger partial charge in [-0.1, -0.05) is 0 Å². The zero-order valence-corrected chi connectivity index (χ0v) is 20.4. The summed E-state index contributed by atoms with van der Waals surface area (Å²) in [6.45, 7) is 0.494. The summed E-state index contributed by atoms with van der Waals surface area (Å²) >= 11 is 0. The molecule has 0 aliphatic carbocycles. The quantitative estimate of drug-likeness (QED) is 0.124. The summed E-state index contributed by atoms with van der Waals surface area (Å²) in [5.41, 5.74) is -0.307. The van der Waals surface area contributed by atoms with Gasteiger partial charge >= 0.3 is 8.32 Å². The lowest BCUT2D eigenvalue weighted by molar-refractivity contribution is 0.130. The van der Waals surface area contributed by atoms with Crippen LogP contribution >= 0.6 is 0 Å². The Morgan fingerprint density at radius 2 is 0.683 bits per heavy atom. The van der Waals surface area contributed by atoms with Gasteiger partial charge in [0.2, 0.25) is 17.5 Å². The largest absolute Gasteiger partial charge is 0.505 e. The molecule has 0 saturated heterocycles. The molecular formula is C23H7F15O2Si. The molecule has 0 aromatic heterocycles. The van der Waals surface area contributed by atoms with Crippen molar-refractivity contribution in [2.75, 3.05) is 6.61 Å². The molecule has 1 aliphatic rings. The highest BCUT2D eigenvalue weighted by atomic mass is 28.4. The van der Waals surface area contributed by atoms with E-state index >= 15 is 26.3 Å². The molecule has 0 unspecified atom stereocenters. The highest BCUT2D eigenvalue weighted by molar-refractivity contribution is 7.07. The highest BCUT2D eigenvalue weighted by Gasteiger charge is 2.60. The lowest BCUT2D eigenvalue weighted by Crippen LogP contribution is -2.75. The van der Waals surface area contributed by atoms with Gasteiger partial charge in [0.1, 0.15) is 0 Å². The molecule has 0 radical (unpaired) electrons. The van der Waals surface area contributed by atoms with Gasteiger partial charge in [-0.2, -0.15) is 0 Å². The van der Waals surface area contributed by atoms with Gasteiger partial charge in [-0.25, -0.2) is 65.9 Å². The molecule has 41 heavy (non-hydrogen) atoms. The van der Waals surface area contributed by atoms with E-state index in [0.717, 1.165) is 6.92 Å². The maximum Gasteiger partial charge on any atom is 0.368 e. The fraction of sp³-hybridized carbons (Fsp3) is 0.130. The van der Waals surface area contributed by atoms with Crippen LogP contribution in [0.15, 0.2) is 11.5 Å². The first-order chi connectivity index (χ1) is 19.0. The van der Waals surface area contributed by atoms with Gasteiger partial charge < -0.3 is 9.16 Å². The Morgan fingerprint density at radius 1 is 0.439 bits per heavy atom. The smallest absolute Gasteiger partial charge is 0.368 e.